The molecule has 10 heteroatoms. The van der Waals surface area contributed by atoms with Gasteiger partial charge in [-0.15, -0.1) is 10.2 Å². The minimum Gasteiger partial charge on any atom is -0.477 e. The van der Waals surface area contributed by atoms with Crippen LogP contribution >= 0.6 is 23.1 Å². The van der Waals surface area contributed by atoms with Gasteiger partial charge in [0.25, 0.3) is 5.91 Å². The van der Waals surface area contributed by atoms with Crippen molar-refractivity contribution >= 4 is 51.4 Å². The molecule has 0 spiro atoms. The zero-order valence-corrected chi connectivity index (χ0v) is 18.6. The highest BCUT2D eigenvalue weighted by molar-refractivity contribution is 8.01. The van der Waals surface area contributed by atoms with E-state index in [0.717, 1.165) is 11.3 Å². The number of aryl methyl sites for hydroxylation is 1. The van der Waals surface area contributed by atoms with E-state index in [1.165, 1.54) is 23.1 Å². The van der Waals surface area contributed by atoms with Crippen molar-refractivity contribution in [2.75, 3.05) is 29.6 Å². The molecule has 2 N–H and O–H groups in total. The summed E-state index contributed by atoms with van der Waals surface area (Å²) in [5.41, 5.74) is 2.75. The third-order valence-electron chi connectivity index (χ3n) is 4.61. The van der Waals surface area contributed by atoms with Crippen LogP contribution in [0.1, 0.15) is 5.56 Å². The van der Waals surface area contributed by atoms with Crippen molar-refractivity contribution < 1.29 is 14.3 Å². The second-order valence-corrected chi connectivity index (χ2v) is 9.05. The van der Waals surface area contributed by atoms with Crippen molar-refractivity contribution in [3.63, 3.8) is 0 Å². The van der Waals surface area contributed by atoms with Crippen molar-refractivity contribution in [2.24, 2.45) is 0 Å². The number of anilines is 3. The molecule has 160 valence electrons. The maximum Gasteiger partial charge on any atom is 0.262 e. The molecule has 3 aromatic rings. The molecule has 1 aromatic heterocycles. The quantitative estimate of drug-likeness (QED) is 0.551. The first kappa shape index (κ1) is 21.1. The number of carbonyl (C=O) groups excluding carboxylic acids is 2. The molecule has 0 saturated heterocycles. The van der Waals surface area contributed by atoms with Crippen LogP contribution in [0.4, 0.5) is 16.5 Å². The summed E-state index contributed by atoms with van der Waals surface area (Å²) in [5.74, 6) is 0.295. The molecule has 1 aliphatic heterocycles. The van der Waals surface area contributed by atoms with E-state index in [-0.39, 0.29) is 24.1 Å². The molecule has 1 atom stereocenters. The molecule has 2 heterocycles. The summed E-state index contributed by atoms with van der Waals surface area (Å²) in [5, 5.41) is 14.8. The number of hydrogen-bond donors (Lipinski definition) is 2. The number of rotatable bonds is 6. The van der Waals surface area contributed by atoms with Crippen LogP contribution in [0.5, 0.6) is 5.75 Å². The van der Waals surface area contributed by atoms with Gasteiger partial charge in [-0.3, -0.25) is 9.59 Å². The smallest absolute Gasteiger partial charge is 0.262 e. The summed E-state index contributed by atoms with van der Waals surface area (Å²) in [6.45, 7) is 2.18. The average molecular weight is 456 g/mol. The summed E-state index contributed by atoms with van der Waals surface area (Å²) in [7, 11) is 1.55. The lowest BCUT2D eigenvalue weighted by atomic mass is 10.2. The number of hydrogen-bond acceptors (Lipinski definition) is 8. The summed E-state index contributed by atoms with van der Waals surface area (Å²) < 4.78 is 6.44. The predicted octanol–water partition coefficient (Wildman–Crippen LogP) is 3.22. The van der Waals surface area contributed by atoms with Crippen LogP contribution in [-0.4, -0.2) is 47.5 Å². The number of para-hydroxylation sites is 2. The van der Waals surface area contributed by atoms with Crippen LogP contribution in [0.15, 0.2) is 52.9 Å². The molecule has 8 nitrogen and oxygen atoms in total. The molecule has 1 unspecified atom stereocenters. The molecule has 4 rings (SSSR count). The molecule has 2 amide bonds. The van der Waals surface area contributed by atoms with Gasteiger partial charge >= 0.3 is 0 Å². The van der Waals surface area contributed by atoms with Gasteiger partial charge < -0.3 is 20.3 Å². The standard InChI is InChI=1S/C21H21N5O3S2/c1-13-6-5-7-14(10-13)23-20-24-25-21(31-20)30-12-18(27)26-11-17(19(28)22-2)29-16-9-4-3-8-15(16)26/h3-10,17H,11-12H2,1-2H3,(H,22,28)(H,23,24). The second kappa shape index (κ2) is 9.36. The van der Waals surface area contributed by atoms with Crippen molar-refractivity contribution in [1.29, 1.82) is 0 Å². The average Bonchev–Trinajstić information content (AvgIpc) is 3.23. The molecule has 0 saturated carbocycles. The molecule has 0 fully saturated rings. The van der Waals surface area contributed by atoms with Gasteiger partial charge in [0.2, 0.25) is 11.0 Å². The lowest BCUT2D eigenvalue weighted by molar-refractivity contribution is -0.127. The van der Waals surface area contributed by atoms with Crippen LogP contribution in [0.2, 0.25) is 0 Å². The fraction of sp³-hybridized carbons (Fsp3) is 0.238. The molecule has 0 bridgehead atoms. The van der Waals surface area contributed by atoms with Gasteiger partial charge in [-0.2, -0.15) is 0 Å². The Hall–Kier alpha value is -3.11. The monoisotopic (exact) mass is 455 g/mol. The number of likely N-dealkylation sites (N-methyl/N-ethyl adjacent to an activating group) is 1. The Morgan fingerprint density at radius 3 is 2.87 bits per heavy atom. The first-order valence-corrected chi connectivity index (χ1v) is 11.4. The predicted molar refractivity (Wildman–Crippen MR) is 122 cm³/mol. The van der Waals surface area contributed by atoms with Gasteiger partial charge in [0, 0.05) is 12.7 Å². The minimum absolute atomic E-state index is 0.127. The van der Waals surface area contributed by atoms with Crippen molar-refractivity contribution in [3.8, 4) is 5.75 Å². The Morgan fingerprint density at radius 2 is 2.06 bits per heavy atom. The number of carbonyl (C=O) groups is 2. The van der Waals surface area contributed by atoms with E-state index in [4.69, 9.17) is 4.74 Å². The number of thioether (sulfide) groups is 1. The van der Waals surface area contributed by atoms with E-state index >= 15 is 0 Å². The SMILES string of the molecule is CNC(=O)C1CN(C(=O)CSc2nnc(Nc3cccc(C)c3)s2)c2ccccc2O1. The fourth-order valence-corrected chi connectivity index (χ4v) is 4.78. The summed E-state index contributed by atoms with van der Waals surface area (Å²) in [6.07, 6.45) is -0.750. The highest BCUT2D eigenvalue weighted by Crippen LogP contribution is 2.34. The van der Waals surface area contributed by atoms with Crippen LogP contribution in [0.25, 0.3) is 0 Å². The van der Waals surface area contributed by atoms with Gasteiger partial charge in [-0.1, -0.05) is 47.4 Å². The highest BCUT2D eigenvalue weighted by atomic mass is 32.2. The fourth-order valence-electron chi connectivity index (χ4n) is 3.13. The van der Waals surface area contributed by atoms with Crippen LogP contribution in [0, 0.1) is 6.92 Å². The number of fused-ring (bicyclic) bond motifs is 1. The van der Waals surface area contributed by atoms with Crippen molar-refractivity contribution in [1.82, 2.24) is 15.5 Å². The zero-order chi connectivity index (χ0) is 21.8. The highest BCUT2D eigenvalue weighted by Gasteiger charge is 2.33. The zero-order valence-electron chi connectivity index (χ0n) is 17.0. The lowest BCUT2D eigenvalue weighted by Crippen LogP contribution is -2.50. The van der Waals surface area contributed by atoms with E-state index in [9.17, 15) is 9.59 Å². The number of nitrogens with one attached hydrogen (secondary N) is 2. The molecular formula is C21H21N5O3S2. The summed E-state index contributed by atoms with van der Waals surface area (Å²) in [4.78, 5) is 26.7. The third-order valence-corrected chi connectivity index (χ3v) is 6.57. The number of ether oxygens (including phenoxy) is 1. The van der Waals surface area contributed by atoms with E-state index in [0.29, 0.717) is 20.9 Å². The maximum absolute atomic E-state index is 13.0. The Morgan fingerprint density at radius 1 is 1.23 bits per heavy atom. The van der Waals surface area contributed by atoms with E-state index in [2.05, 4.69) is 20.8 Å². The van der Waals surface area contributed by atoms with E-state index in [1.54, 1.807) is 18.0 Å². The Labute approximate surface area is 188 Å². The van der Waals surface area contributed by atoms with Crippen LogP contribution < -0.4 is 20.3 Å². The largest absolute Gasteiger partial charge is 0.477 e. The third kappa shape index (κ3) is 4.97. The Kier molecular flexibility index (Phi) is 6.38. The van der Waals surface area contributed by atoms with Crippen molar-refractivity contribution in [3.05, 3.63) is 54.1 Å². The summed E-state index contributed by atoms with van der Waals surface area (Å²) >= 11 is 2.71. The van der Waals surface area contributed by atoms with Gasteiger partial charge in [0.1, 0.15) is 5.75 Å². The first-order chi connectivity index (χ1) is 15.0. The topological polar surface area (TPSA) is 96.5 Å². The molecular weight excluding hydrogens is 434 g/mol. The number of nitrogens with zero attached hydrogens (tertiary/aromatic N) is 3. The molecule has 2 aromatic carbocycles. The van der Waals surface area contributed by atoms with E-state index in [1.807, 2.05) is 49.4 Å². The van der Waals surface area contributed by atoms with Gasteiger partial charge in [-0.05, 0) is 36.8 Å². The first-order valence-electron chi connectivity index (χ1n) is 9.61. The maximum atomic E-state index is 13.0. The van der Waals surface area contributed by atoms with Gasteiger partial charge in [0.15, 0.2) is 10.4 Å². The molecule has 0 aliphatic carbocycles. The lowest BCUT2D eigenvalue weighted by Gasteiger charge is -2.33. The van der Waals surface area contributed by atoms with Gasteiger partial charge in [0.05, 0.1) is 18.0 Å². The van der Waals surface area contributed by atoms with Crippen molar-refractivity contribution in [2.45, 2.75) is 17.4 Å². The molecule has 31 heavy (non-hydrogen) atoms. The second-order valence-electron chi connectivity index (χ2n) is 6.85. The Balaban J connectivity index is 1.41. The van der Waals surface area contributed by atoms with Crippen LogP contribution in [0.3, 0.4) is 0 Å². The Bertz CT molecular complexity index is 1100. The molecule has 0 radical (unpaired) electrons. The number of benzene rings is 2. The summed E-state index contributed by atoms with van der Waals surface area (Å²) in [6, 6.07) is 15.2. The van der Waals surface area contributed by atoms with Gasteiger partial charge in [-0.25, -0.2) is 0 Å². The molecule has 1 aliphatic rings. The van der Waals surface area contributed by atoms with E-state index < -0.39 is 6.10 Å². The normalized spacial score (nSPS) is 15.0. The number of aromatic nitrogens is 2. The number of amides is 2. The minimum atomic E-state index is -0.750. The van der Waals surface area contributed by atoms with Crippen LogP contribution in [-0.2, 0) is 9.59 Å².